The lowest BCUT2D eigenvalue weighted by Gasteiger charge is -2.09. The summed E-state index contributed by atoms with van der Waals surface area (Å²) in [6.07, 6.45) is 1.01. The zero-order valence-corrected chi connectivity index (χ0v) is 12.1. The molecule has 2 aromatic carbocycles. The first-order valence-electron chi connectivity index (χ1n) is 7.05. The fourth-order valence-corrected chi connectivity index (χ4v) is 2.59. The SMILES string of the molecule is Cc1c(O)ccc2c(CCc3ccccc3)c(F)c(=O)oc12. The molecular weight excluding hydrogens is 283 g/mol. The first-order valence-corrected chi connectivity index (χ1v) is 7.05. The Morgan fingerprint density at radius 1 is 1.09 bits per heavy atom. The molecule has 0 spiro atoms. The van der Waals surface area contributed by atoms with Gasteiger partial charge in [0.2, 0.25) is 5.82 Å². The van der Waals surface area contributed by atoms with E-state index in [0.717, 1.165) is 5.56 Å². The third-order valence-electron chi connectivity index (χ3n) is 3.85. The maximum absolute atomic E-state index is 14.2. The molecule has 3 rings (SSSR count). The van der Waals surface area contributed by atoms with Gasteiger partial charge in [0.1, 0.15) is 11.3 Å². The number of aryl methyl sites for hydroxylation is 3. The van der Waals surface area contributed by atoms with E-state index in [4.69, 9.17) is 4.42 Å². The minimum absolute atomic E-state index is 0.0243. The largest absolute Gasteiger partial charge is 0.508 e. The Morgan fingerprint density at radius 2 is 1.82 bits per heavy atom. The normalized spacial score (nSPS) is 11.0. The van der Waals surface area contributed by atoms with Crippen LogP contribution in [-0.4, -0.2) is 5.11 Å². The van der Waals surface area contributed by atoms with Gasteiger partial charge in [-0.1, -0.05) is 30.3 Å². The predicted octanol–water partition coefficient (Wildman–Crippen LogP) is 3.73. The quantitative estimate of drug-likeness (QED) is 0.750. The second kappa shape index (κ2) is 5.64. The van der Waals surface area contributed by atoms with Crippen LogP contribution < -0.4 is 5.63 Å². The number of aromatic hydroxyl groups is 1. The van der Waals surface area contributed by atoms with Crippen molar-refractivity contribution >= 4 is 11.0 Å². The molecule has 0 radical (unpaired) electrons. The summed E-state index contributed by atoms with van der Waals surface area (Å²) >= 11 is 0. The van der Waals surface area contributed by atoms with Crippen LogP contribution >= 0.6 is 0 Å². The molecule has 0 saturated carbocycles. The van der Waals surface area contributed by atoms with E-state index in [1.54, 1.807) is 13.0 Å². The molecular formula is C18H15FO3. The van der Waals surface area contributed by atoms with Gasteiger partial charge in [-0.15, -0.1) is 0 Å². The smallest absolute Gasteiger partial charge is 0.372 e. The number of halogens is 1. The maximum Gasteiger partial charge on any atom is 0.372 e. The number of hydrogen-bond acceptors (Lipinski definition) is 3. The Kier molecular flexibility index (Phi) is 3.67. The van der Waals surface area contributed by atoms with Crippen LogP contribution in [0.15, 0.2) is 51.7 Å². The molecule has 0 atom stereocenters. The van der Waals surface area contributed by atoms with E-state index < -0.39 is 11.4 Å². The van der Waals surface area contributed by atoms with Gasteiger partial charge in [0.05, 0.1) is 0 Å². The Balaban J connectivity index is 2.10. The van der Waals surface area contributed by atoms with Crippen molar-refractivity contribution in [1.29, 1.82) is 0 Å². The number of fused-ring (bicyclic) bond motifs is 1. The van der Waals surface area contributed by atoms with Crippen LogP contribution in [0.2, 0.25) is 0 Å². The minimum atomic E-state index is -0.996. The molecule has 0 bridgehead atoms. The van der Waals surface area contributed by atoms with E-state index in [0.29, 0.717) is 29.4 Å². The highest BCUT2D eigenvalue weighted by molar-refractivity contribution is 5.85. The van der Waals surface area contributed by atoms with Crippen LogP contribution in [0.1, 0.15) is 16.7 Å². The fourth-order valence-electron chi connectivity index (χ4n) is 2.59. The van der Waals surface area contributed by atoms with Gasteiger partial charge >= 0.3 is 5.63 Å². The van der Waals surface area contributed by atoms with Gasteiger partial charge in [0.15, 0.2) is 0 Å². The Labute approximate surface area is 126 Å². The van der Waals surface area contributed by atoms with Crippen LogP contribution in [-0.2, 0) is 12.8 Å². The van der Waals surface area contributed by atoms with Gasteiger partial charge in [0, 0.05) is 16.5 Å². The predicted molar refractivity (Wildman–Crippen MR) is 82.7 cm³/mol. The summed E-state index contributed by atoms with van der Waals surface area (Å²) < 4.78 is 19.2. The number of phenolic OH excluding ortho intramolecular Hbond substituents is 1. The van der Waals surface area contributed by atoms with Gasteiger partial charge in [-0.3, -0.25) is 0 Å². The molecule has 1 aromatic heterocycles. The van der Waals surface area contributed by atoms with Crippen molar-refractivity contribution in [1.82, 2.24) is 0 Å². The summed E-state index contributed by atoms with van der Waals surface area (Å²) in [5.41, 5.74) is 1.09. The molecule has 0 aliphatic carbocycles. The zero-order chi connectivity index (χ0) is 15.7. The highest BCUT2D eigenvalue weighted by Crippen LogP contribution is 2.29. The highest BCUT2D eigenvalue weighted by atomic mass is 19.1. The molecule has 1 heterocycles. The van der Waals surface area contributed by atoms with Crippen molar-refractivity contribution in [3.63, 3.8) is 0 Å². The van der Waals surface area contributed by atoms with E-state index in [-0.39, 0.29) is 11.3 Å². The van der Waals surface area contributed by atoms with E-state index in [1.165, 1.54) is 6.07 Å². The third kappa shape index (κ3) is 2.48. The lowest BCUT2D eigenvalue weighted by atomic mass is 9.99. The van der Waals surface area contributed by atoms with Crippen LogP contribution in [0.3, 0.4) is 0 Å². The number of rotatable bonds is 3. The van der Waals surface area contributed by atoms with E-state index >= 15 is 0 Å². The monoisotopic (exact) mass is 298 g/mol. The molecule has 0 saturated heterocycles. The summed E-state index contributed by atoms with van der Waals surface area (Å²) in [7, 11) is 0. The Bertz CT molecular complexity index is 882. The van der Waals surface area contributed by atoms with Crippen LogP contribution in [0, 0.1) is 12.7 Å². The molecule has 0 aliphatic rings. The number of phenols is 1. The van der Waals surface area contributed by atoms with Crippen molar-refractivity contribution in [3.05, 3.63) is 75.4 Å². The second-order valence-electron chi connectivity index (χ2n) is 5.25. The molecule has 0 unspecified atom stereocenters. The van der Waals surface area contributed by atoms with Gasteiger partial charge in [0.25, 0.3) is 0 Å². The zero-order valence-electron chi connectivity index (χ0n) is 12.1. The number of hydrogen-bond donors (Lipinski definition) is 1. The van der Waals surface area contributed by atoms with Gasteiger partial charge < -0.3 is 9.52 Å². The van der Waals surface area contributed by atoms with Crippen molar-refractivity contribution in [2.24, 2.45) is 0 Å². The van der Waals surface area contributed by atoms with Crippen molar-refractivity contribution in [2.75, 3.05) is 0 Å². The van der Waals surface area contributed by atoms with Gasteiger partial charge in [-0.05, 0) is 37.5 Å². The Hall–Kier alpha value is -2.62. The average molecular weight is 298 g/mol. The summed E-state index contributed by atoms with van der Waals surface area (Å²) in [6, 6.07) is 12.8. The van der Waals surface area contributed by atoms with Crippen molar-refractivity contribution in [3.8, 4) is 5.75 Å². The third-order valence-corrected chi connectivity index (χ3v) is 3.85. The molecule has 0 aliphatic heterocycles. The molecule has 112 valence electrons. The Morgan fingerprint density at radius 3 is 2.55 bits per heavy atom. The molecule has 3 aromatic rings. The standard InChI is InChI=1S/C18H15FO3/c1-11-15(20)10-9-14-13(16(19)18(21)22-17(11)14)8-7-12-5-3-2-4-6-12/h2-6,9-10,20H,7-8H2,1H3. The average Bonchev–Trinajstić information content (AvgIpc) is 2.53. The molecule has 0 fully saturated rings. The summed E-state index contributed by atoms with van der Waals surface area (Å²) in [6.45, 7) is 1.64. The molecule has 22 heavy (non-hydrogen) atoms. The topological polar surface area (TPSA) is 50.4 Å². The summed E-state index contributed by atoms with van der Waals surface area (Å²) in [5.74, 6) is -0.829. The molecule has 4 heteroatoms. The second-order valence-corrected chi connectivity index (χ2v) is 5.25. The van der Waals surface area contributed by atoms with Crippen LogP contribution in [0.4, 0.5) is 4.39 Å². The lowest BCUT2D eigenvalue weighted by molar-refractivity contribution is 0.459. The first kappa shape index (κ1) is 14.3. The van der Waals surface area contributed by atoms with E-state index in [9.17, 15) is 14.3 Å². The van der Waals surface area contributed by atoms with Crippen LogP contribution in [0.5, 0.6) is 5.75 Å². The number of benzene rings is 2. The van der Waals surface area contributed by atoms with E-state index in [2.05, 4.69) is 0 Å². The van der Waals surface area contributed by atoms with Crippen molar-refractivity contribution < 1.29 is 13.9 Å². The summed E-state index contributed by atoms with van der Waals surface area (Å²) in [5, 5.41) is 10.3. The first-order chi connectivity index (χ1) is 10.6. The minimum Gasteiger partial charge on any atom is -0.508 e. The lowest BCUT2D eigenvalue weighted by Crippen LogP contribution is -2.10. The van der Waals surface area contributed by atoms with Crippen molar-refractivity contribution in [2.45, 2.75) is 19.8 Å². The van der Waals surface area contributed by atoms with Gasteiger partial charge in [-0.2, -0.15) is 4.39 Å². The fraction of sp³-hybridized carbons (Fsp3) is 0.167. The van der Waals surface area contributed by atoms with Crippen LogP contribution in [0.25, 0.3) is 11.0 Å². The molecule has 1 N–H and O–H groups in total. The summed E-state index contributed by atoms with van der Waals surface area (Å²) in [4.78, 5) is 11.7. The maximum atomic E-state index is 14.2. The van der Waals surface area contributed by atoms with E-state index in [1.807, 2.05) is 30.3 Å². The highest BCUT2D eigenvalue weighted by Gasteiger charge is 2.17. The van der Waals surface area contributed by atoms with Gasteiger partial charge in [-0.25, -0.2) is 4.79 Å². The molecule has 3 nitrogen and oxygen atoms in total. The molecule has 0 amide bonds.